The van der Waals surface area contributed by atoms with Gasteiger partial charge in [-0.3, -0.25) is 0 Å². The number of alkyl halides is 3. The van der Waals surface area contributed by atoms with E-state index in [1.807, 2.05) is 0 Å². The maximum absolute atomic E-state index is 12.6. The zero-order valence-corrected chi connectivity index (χ0v) is 22.9. The van der Waals surface area contributed by atoms with Gasteiger partial charge in [-0.15, -0.1) is 13.2 Å². The van der Waals surface area contributed by atoms with Crippen molar-refractivity contribution in [2.75, 3.05) is 6.61 Å². The van der Waals surface area contributed by atoms with Crippen LogP contribution >= 0.6 is 0 Å². The van der Waals surface area contributed by atoms with Crippen LogP contribution in [0.25, 0.3) is 0 Å². The zero-order valence-electron chi connectivity index (χ0n) is 22.9. The van der Waals surface area contributed by atoms with Crippen LogP contribution < -0.4 is 4.74 Å². The first-order valence-corrected chi connectivity index (χ1v) is 14.1. The number of hydrogen-bond acceptors (Lipinski definition) is 5. The summed E-state index contributed by atoms with van der Waals surface area (Å²) in [4.78, 5) is 25.2. The summed E-state index contributed by atoms with van der Waals surface area (Å²) < 4.78 is 51.3. The highest BCUT2D eigenvalue weighted by Gasteiger charge is 2.31. The second-order valence-electron chi connectivity index (χ2n) is 9.69. The van der Waals surface area contributed by atoms with Gasteiger partial charge in [0.1, 0.15) is 12.4 Å². The molecule has 0 amide bonds. The normalized spacial score (nSPS) is 11.3. The van der Waals surface area contributed by atoms with Gasteiger partial charge in [-0.05, 0) is 36.2 Å². The molecule has 0 aromatic heterocycles. The molecule has 0 saturated carbocycles. The third-order valence-electron chi connectivity index (χ3n) is 6.37. The Morgan fingerprint density at radius 3 is 1.59 bits per heavy atom. The largest absolute Gasteiger partial charge is 0.573 e. The van der Waals surface area contributed by atoms with Crippen molar-refractivity contribution in [3.63, 3.8) is 0 Å². The van der Waals surface area contributed by atoms with Gasteiger partial charge in [-0.2, -0.15) is 0 Å². The molecule has 0 N–H and O–H groups in total. The lowest BCUT2D eigenvalue weighted by molar-refractivity contribution is -0.274. The van der Waals surface area contributed by atoms with Crippen molar-refractivity contribution in [3.05, 3.63) is 65.2 Å². The molecule has 39 heavy (non-hydrogen) atoms. The van der Waals surface area contributed by atoms with E-state index in [9.17, 15) is 22.8 Å². The smallest absolute Gasteiger partial charge is 0.462 e. The van der Waals surface area contributed by atoms with Crippen molar-refractivity contribution in [3.8, 4) is 5.75 Å². The number of unbranched alkanes of at least 4 members (excludes halogenated alkanes) is 12. The van der Waals surface area contributed by atoms with E-state index in [1.54, 1.807) is 12.1 Å². The van der Waals surface area contributed by atoms with E-state index in [2.05, 4.69) is 11.7 Å². The topological polar surface area (TPSA) is 61.8 Å². The molecule has 0 aliphatic carbocycles. The molecule has 0 radical (unpaired) electrons. The molecule has 0 unspecified atom stereocenters. The van der Waals surface area contributed by atoms with Crippen LogP contribution in [0.4, 0.5) is 13.2 Å². The second kappa shape index (κ2) is 18.3. The monoisotopic (exact) mass is 550 g/mol. The van der Waals surface area contributed by atoms with Crippen LogP contribution in [0, 0.1) is 0 Å². The second-order valence-corrected chi connectivity index (χ2v) is 9.69. The van der Waals surface area contributed by atoms with Gasteiger partial charge >= 0.3 is 18.3 Å². The van der Waals surface area contributed by atoms with Crippen molar-refractivity contribution >= 4 is 11.9 Å². The van der Waals surface area contributed by atoms with Crippen LogP contribution in [-0.4, -0.2) is 24.9 Å². The van der Waals surface area contributed by atoms with Crippen LogP contribution in [-0.2, 0) is 16.1 Å². The Hall–Kier alpha value is -3.03. The summed E-state index contributed by atoms with van der Waals surface area (Å²) in [5, 5.41) is 0. The molecule has 2 aromatic rings. The van der Waals surface area contributed by atoms with Gasteiger partial charge in [0, 0.05) is 0 Å². The Morgan fingerprint density at radius 1 is 0.641 bits per heavy atom. The lowest BCUT2D eigenvalue weighted by Crippen LogP contribution is -2.17. The van der Waals surface area contributed by atoms with Gasteiger partial charge in [0.15, 0.2) is 0 Å². The molecule has 8 heteroatoms. The fourth-order valence-electron chi connectivity index (χ4n) is 4.22. The van der Waals surface area contributed by atoms with E-state index in [-0.39, 0.29) is 30.1 Å². The minimum atomic E-state index is -4.78. The molecule has 216 valence electrons. The van der Waals surface area contributed by atoms with Crippen molar-refractivity contribution in [2.24, 2.45) is 0 Å². The highest BCUT2D eigenvalue weighted by atomic mass is 19.4. The molecule has 0 atom stereocenters. The molecule has 0 heterocycles. The standard InChI is InChI=1S/C31H41F3O5/c1-2-3-4-5-6-7-8-9-10-11-12-13-16-23-37-29(35)27-17-14-15-18-28(27)30(36)38-24-25-19-21-26(22-20-25)39-31(32,33)34/h14-15,17-22H,2-13,16,23-24H2,1H3. The highest BCUT2D eigenvalue weighted by Crippen LogP contribution is 2.23. The van der Waals surface area contributed by atoms with Gasteiger partial charge in [0.25, 0.3) is 0 Å². The van der Waals surface area contributed by atoms with Crippen molar-refractivity contribution < 1.29 is 37.0 Å². The third kappa shape index (κ3) is 14.1. The molecule has 2 aromatic carbocycles. The molecular formula is C31H41F3O5. The summed E-state index contributed by atoms with van der Waals surface area (Å²) in [6, 6.07) is 11.2. The maximum atomic E-state index is 12.6. The number of esters is 2. The average Bonchev–Trinajstić information content (AvgIpc) is 2.91. The molecule has 2 rings (SSSR count). The maximum Gasteiger partial charge on any atom is 0.573 e. The predicted molar refractivity (Wildman–Crippen MR) is 145 cm³/mol. The molecular weight excluding hydrogens is 509 g/mol. The van der Waals surface area contributed by atoms with Crippen LogP contribution in [0.15, 0.2) is 48.5 Å². The summed E-state index contributed by atoms with van der Waals surface area (Å²) in [5.74, 6) is -1.68. The van der Waals surface area contributed by atoms with E-state index < -0.39 is 18.3 Å². The lowest BCUT2D eigenvalue weighted by atomic mass is 10.0. The average molecular weight is 551 g/mol. The first kappa shape index (κ1) is 32.2. The van der Waals surface area contributed by atoms with Crippen molar-refractivity contribution in [1.29, 1.82) is 0 Å². The molecule has 0 aliphatic heterocycles. The van der Waals surface area contributed by atoms with E-state index in [4.69, 9.17) is 9.47 Å². The zero-order chi connectivity index (χ0) is 28.3. The fraction of sp³-hybridized carbons (Fsp3) is 0.548. The number of ether oxygens (including phenoxy) is 3. The molecule has 0 fully saturated rings. The molecule has 0 saturated heterocycles. The fourth-order valence-corrected chi connectivity index (χ4v) is 4.22. The summed E-state index contributed by atoms with van der Waals surface area (Å²) in [5.41, 5.74) is 0.663. The number of halogens is 3. The Bertz CT molecular complexity index is 973. The minimum Gasteiger partial charge on any atom is -0.462 e. The number of carbonyl (C=O) groups is 2. The van der Waals surface area contributed by atoms with Gasteiger partial charge in [-0.1, -0.05) is 108 Å². The van der Waals surface area contributed by atoms with E-state index >= 15 is 0 Å². The highest BCUT2D eigenvalue weighted by molar-refractivity contribution is 6.03. The first-order valence-electron chi connectivity index (χ1n) is 14.1. The quantitative estimate of drug-likeness (QED) is 0.129. The molecule has 0 bridgehead atoms. The van der Waals surface area contributed by atoms with E-state index in [0.717, 1.165) is 31.4 Å². The Kier molecular flexibility index (Phi) is 15.1. The van der Waals surface area contributed by atoms with Crippen LogP contribution in [0.3, 0.4) is 0 Å². The third-order valence-corrected chi connectivity index (χ3v) is 6.37. The van der Waals surface area contributed by atoms with E-state index in [1.165, 1.54) is 88.5 Å². The van der Waals surface area contributed by atoms with Crippen LogP contribution in [0.1, 0.15) is 117 Å². The number of carbonyl (C=O) groups excluding carboxylic acids is 2. The van der Waals surface area contributed by atoms with Gasteiger partial charge in [-0.25, -0.2) is 9.59 Å². The summed E-state index contributed by atoms with van der Waals surface area (Å²) in [6.07, 6.45) is 11.2. The lowest BCUT2D eigenvalue weighted by Gasteiger charge is -2.11. The summed E-state index contributed by atoms with van der Waals surface area (Å²) in [6.45, 7) is 2.35. The Morgan fingerprint density at radius 2 is 1.10 bits per heavy atom. The van der Waals surface area contributed by atoms with Gasteiger partial charge in [0.05, 0.1) is 17.7 Å². The van der Waals surface area contributed by atoms with Crippen LogP contribution in [0.2, 0.25) is 0 Å². The van der Waals surface area contributed by atoms with Gasteiger partial charge < -0.3 is 14.2 Å². The molecule has 0 aliphatic rings. The van der Waals surface area contributed by atoms with Gasteiger partial charge in [0.2, 0.25) is 0 Å². The predicted octanol–water partition coefficient (Wildman–Crippen LogP) is 9.19. The van der Waals surface area contributed by atoms with Crippen molar-refractivity contribution in [2.45, 2.75) is 103 Å². The number of benzene rings is 2. The van der Waals surface area contributed by atoms with Crippen LogP contribution in [0.5, 0.6) is 5.75 Å². The SMILES string of the molecule is CCCCCCCCCCCCCCCOC(=O)c1ccccc1C(=O)OCc1ccc(OC(F)(F)F)cc1. The summed E-state index contributed by atoms with van der Waals surface area (Å²) >= 11 is 0. The first-order chi connectivity index (χ1) is 18.8. The molecule has 5 nitrogen and oxygen atoms in total. The number of hydrogen-bond donors (Lipinski definition) is 0. The van der Waals surface area contributed by atoms with E-state index in [0.29, 0.717) is 5.56 Å². The number of rotatable bonds is 19. The summed E-state index contributed by atoms with van der Waals surface area (Å²) in [7, 11) is 0. The Labute approximate surface area is 230 Å². The Balaban J connectivity index is 1.64. The molecule has 0 spiro atoms. The minimum absolute atomic E-state index is 0.0740. The van der Waals surface area contributed by atoms with Crippen molar-refractivity contribution in [1.82, 2.24) is 0 Å².